The van der Waals surface area contributed by atoms with Gasteiger partial charge in [-0.05, 0) is 43.5 Å². The molecule has 0 saturated heterocycles. The van der Waals surface area contributed by atoms with Crippen molar-refractivity contribution < 1.29 is 4.39 Å². The summed E-state index contributed by atoms with van der Waals surface area (Å²) < 4.78 is 13.2. The van der Waals surface area contributed by atoms with E-state index in [0.29, 0.717) is 5.56 Å². The van der Waals surface area contributed by atoms with E-state index in [0.717, 1.165) is 16.6 Å². The Balaban J connectivity index is 1.73. The number of hydrogen-bond acceptors (Lipinski definition) is 3. The highest BCUT2D eigenvalue weighted by Crippen LogP contribution is 2.39. The van der Waals surface area contributed by atoms with Gasteiger partial charge in [0, 0.05) is 11.4 Å². The molecule has 1 N–H and O–H groups in total. The molecule has 0 amide bonds. The lowest BCUT2D eigenvalue weighted by Gasteiger charge is -2.29. The molecule has 0 unspecified atom stereocenters. The maximum Gasteiger partial charge on any atom is 0.161 e. The lowest BCUT2D eigenvalue weighted by Crippen LogP contribution is -2.29. The molecule has 1 fully saturated rings. The van der Waals surface area contributed by atoms with Crippen molar-refractivity contribution >= 4 is 22.6 Å². The molecule has 3 rings (SSSR count). The van der Waals surface area contributed by atoms with Crippen LogP contribution in [0.5, 0.6) is 0 Å². The second-order valence-corrected chi connectivity index (χ2v) is 6.54. The molecule has 1 aliphatic carbocycles. The van der Waals surface area contributed by atoms with Gasteiger partial charge in [0.05, 0.1) is 5.54 Å². The lowest BCUT2D eigenvalue weighted by atomic mass is 9.84. The third kappa shape index (κ3) is 2.78. The van der Waals surface area contributed by atoms with Gasteiger partial charge in [0.15, 0.2) is 5.17 Å². The summed E-state index contributed by atoms with van der Waals surface area (Å²) in [4.78, 5) is 4.90. The summed E-state index contributed by atoms with van der Waals surface area (Å²) in [6.45, 7) is 1.78. The second kappa shape index (κ2) is 5.16. The van der Waals surface area contributed by atoms with E-state index in [2.05, 4.69) is 5.32 Å². The van der Waals surface area contributed by atoms with E-state index < -0.39 is 0 Å². The molecule has 0 atom stereocenters. The van der Waals surface area contributed by atoms with E-state index in [1.54, 1.807) is 24.8 Å². The number of amidine groups is 1. The first-order valence-corrected chi connectivity index (χ1v) is 7.91. The van der Waals surface area contributed by atoms with Gasteiger partial charge in [0.25, 0.3) is 0 Å². The Hall–Kier alpha value is -1.03. The van der Waals surface area contributed by atoms with Gasteiger partial charge < -0.3 is 5.32 Å². The molecular formula is C15H19FN2S. The average molecular weight is 278 g/mol. The number of aliphatic imine (C=N–C) groups is 1. The summed E-state index contributed by atoms with van der Waals surface area (Å²) in [6.07, 6.45) is 6.38. The largest absolute Gasteiger partial charge is 0.335 e. The monoisotopic (exact) mass is 278 g/mol. The SMILES string of the molecule is Cc1cc(NC2=NC3(CCCCC3)CS2)ccc1F. The van der Waals surface area contributed by atoms with Crippen LogP contribution in [0.1, 0.15) is 37.7 Å². The zero-order valence-electron chi connectivity index (χ0n) is 11.2. The lowest BCUT2D eigenvalue weighted by molar-refractivity contribution is 0.335. The average Bonchev–Trinajstić information content (AvgIpc) is 2.78. The van der Waals surface area contributed by atoms with Crippen LogP contribution in [0.25, 0.3) is 0 Å². The van der Waals surface area contributed by atoms with Crippen molar-refractivity contribution in [2.24, 2.45) is 4.99 Å². The van der Waals surface area contributed by atoms with Crippen molar-refractivity contribution in [1.82, 2.24) is 0 Å². The highest BCUT2D eigenvalue weighted by molar-refractivity contribution is 8.14. The molecule has 1 spiro atoms. The number of hydrogen-bond donors (Lipinski definition) is 1. The van der Waals surface area contributed by atoms with Gasteiger partial charge in [0.1, 0.15) is 5.82 Å². The van der Waals surface area contributed by atoms with Crippen LogP contribution in [0.15, 0.2) is 23.2 Å². The fourth-order valence-electron chi connectivity index (χ4n) is 2.86. The van der Waals surface area contributed by atoms with Crippen molar-refractivity contribution in [3.63, 3.8) is 0 Å². The predicted molar refractivity (Wildman–Crippen MR) is 80.5 cm³/mol. The van der Waals surface area contributed by atoms with Gasteiger partial charge >= 0.3 is 0 Å². The minimum absolute atomic E-state index is 0.157. The summed E-state index contributed by atoms with van der Waals surface area (Å²) >= 11 is 1.80. The standard InChI is InChI=1S/C15H19FN2S/c1-11-9-12(5-6-13(11)16)17-14-18-15(10-19-14)7-3-2-4-8-15/h5-6,9H,2-4,7-8,10H2,1H3,(H,17,18). The number of aryl methyl sites for hydroxylation is 1. The Morgan fingerprint density at radius 3 is 2.79 bits per heavy atom. The summed E-state index contributed by atoms with van der Waals surface area (Å²) in [5.41, 5.74) is 1.78. The van der Waals surface area contributed by atoms with E-state index >= 15 is 0 Å². The predicted octanol–water partition coefficient (Wildman–Crippen LogP) is 4.35. The molecule has 1 aromatic rings. The Morgan fingerprint density at radius 2 is 2.05 bits per heavy atom. The smallest absolute Gasteiger partial charge is 0.161 e. The summed E-state index contributed by atoms with van der Waals surface area (Å²) in [5.74, 6) is 0.936. The van der Waals surface area contributed by atoms with Crippen LogP contribution in [-0.2, 0) is 0 Å². The van der Waals surface area contributed by atoms with Gasteiger partial charge in [-0.1, -0.05) is 31.0 Å². The fourth-order valence-corrected chi connectivity index (χ4v) is 4.07. The molecule has 0 aromatic heterocycles. The third-order valence-electron chi connectivity index (χ3n) is 4.01. The van der Waals surface area contributed by atoms with E-state index in [-0.39, 0.29) is 11.4 Å². The Bertz CT molecular complexity index is 507. The maximum absolute atomic E-state index is 13.2. The van der Waals surface area contributed by atoms with Crippen molar-refractivity contribution in [2.45, 2.75) is 44.6 Å². The van der Waals surface area contributed by atoms with E-state index in [1.165, 1.54) is 38.2 Å². The molecule has 19 heavy (non-hydrogen) atoms. The highest BCUT2D eigenvalue weighted by Gasteiger charge is 2.36. The molecule has 0 radical (unpaired) electrons. The summed E-state index contributed by atoms with van der Waals surface area (Å²) in [6, 6.07) is 5.12. The van der Waals surface area contributed by atoms with Gasteiger partial charge in [-0.2, -0.15) is 0 Å². The normalized spacial score (nSPS) is 21.5. The molecule has 4 heteroatoms. The fraction of sp³-hybridized carbons (Fsp3) is 0.533. The summed E-state index contributed by atoms with van der Waals surface area (Å²) in [7, 11) is 0. The van der Waals surface area contributed by atoms with Gasteiger partial charge in [-0.3, -0.25) is 4.99 Å². The second-order valence-electron chi connectivity index (χ2n) is 5.58. The van der Waals surface area contributed by atoms with Crippen LogP contribution in [0.4, 0.5) is 10.1 Å². The van der Waals surface area contributed by atoms with Crippen LogP contribution >= 0.6 is 11.8 Å². The van der Waals surface area contributed by atoms with Crippen molar-refractivity contribution in [3.05, 3.63) is 29.6 Å². The highest BCUT2D eigenvalue weighted by atomic mass is 32.2. The van der Waals surface area contributed by atoms with Crippen LogP contribution < -0.4 is 5.32 Å². The minimum atomic E-state index is -0.157. The van der Waals surface area contributed by atoms with Gasteiger partial charge in [-0.25, -0.2) is 4.39 Å². The van der Waals surface area contributed by atoms with Crippen molar-refractivity contribution in [2.75, 3.05) is 11.1 Å². The number of nitrogens with one attached hydrogen (secondary N) is 1. The number of nitrogens with zero attached hydrogens (tertiary/aromatic N) is 1. The van der Waals surface area contributed by atoms with Crippen LogP contribution in [0.3, 0.4) is 0 Å². The molecular weight excluding hydrogens is 259 g/mol. The molecule has 2 aliphatic rings. The van der Waals surface area contributed by atoms with Crippen molar-refractivity contribution in [3.8, 4) is 0 Å². The van der Waals surface area contributed by atoms with Gasteiger partial charge in [0.2, 0.25) is 0 Å². The molecule has 2 nitrogen and oxygen atoms in total. The van der Waals surface area contributed by atoms with Crippen LogP contribution in [-0.4, -0.2) is 16.5 Å². The molecule has 0 bridgehead atoms. The maximum atomic E-state index is 13.2. The number of benzene rings is 1. The molecule has 1 aromatic carbocycles. The Morgan fingerprint density at radius 1 is 1.26 bits per heavy atom. The zero-order valence-corrected chi connectivity index (χ0v) is 12.0. The first-order valence-electron chi connectivity index (χ1n) is 6.93. The first-order chi connectivity index (χ1) is 9.17. The Kier molecular flexibility index (Phi) is 3.52. The number of anilines is 1. The van der Waals surface area contributed by atoms with Crippen LogP contribution in [0.2, 0.25) is 0 Å². The quantitative estimate of drug-likeness (QED) is 0.825. The van der Waals surface area contributed by atoms with E-state index in [4.69, 9.17) is 4.99 Å². The van der Waals surface area contributed by atoms with E-state index in [9.17, 15) is 4.39 Å². The number of thioether (sulfide) groups is 1. The zero-order chi connectivity index (χ0) is 13.3. The van der Waals surface area contributed by atoms with E-state index in [1.807, 2.05) is 6.07 Å². The molecule has 1 heterocycles. The summed E-state index contributed by atoms with van der Waals surface area (Å²) in [5, 5.41) is 4.32. The molecule has 1 saturated carbocycles. The van der Waals surface area contributed by atoms with Gasteiger partial charge in [-0.15, -0.1) is 0 Å². The number of rotatable bonds is 1. The molecule has 1 aliphatic heterocycles. The first kappa shape index (κ1) is 13.0. The minimum Gasteiger partial charge on any atom is -0.335 e. The van der Waals surface area contributed by atoms with Crippen LogP contribution in [0, 0.1) is 12.7 Å². The topological polar surface area (TPSA) is 24.4 Å². The Labute approximate surface area is 117 Å². The van der Waals surface area contributed by atoms with Crippen molar-refractivity contribution in [1.29, 1.82) is 0 Å². The number of halogens is 1. The molecule has 102 valence electrons. The third-order valence-corrected chi connectivity index (χ3v) is 5.16.